The minimum absolute atomic E-state index is 0.0143. The number of nitrogens with zero attached hydrogens (tertiary/aromatic N) is 1. The standard InChI is InChI=1S/C17H24N2O2/c1-3-14(16-5-4-10-21-16)18-17(20)13-7-6-12-8-9-19(2)15(12)11-13/h6-7,11,14,16H,3-5,8-10H2,1-2H3,(H,18,20)/t14-,16-/m0/s1. The third-order valence-electron chi connectivity index (χ3n) is 4.65. The van der Waals surface area contributed by atoms with E-state index in [0.717, 1.165) is 44.4 Å². The van der Waals surface area contributed by atoms with E-state index in [0.29, 0.717) is 0 Å². The predicted molar refractivity (Wildman–Crippen MR) is 83.9 cm³/mol. The Labute approximate surface area is 126 Å². The van der Waals surface area contributed by atoms with Crippen molar-refractivity contribution in [2.24, 2.45) is 0 Å². The fourth-order valence-corrected chi connectivity index (χ4v) is 3.31. The molecule has 2 aliphatic heterocycles. The molecule has 1 aromatic rings. The highest BCUT2D eigenvalue weighted by atomic mass is 16.5. The number of amides is 1. The molecule has 4 nitrogen and oxygen atoms in total. The monoisotopic (exact) mass is 288 g/mol. The molecule has 3 rings (SSSR count). The van der Waals surface area contributed by atoms with Gasteiger partial charge >= 0.3 is 0 Å². The van der Waals surface area contributed by atoms with Crippen molar-refractivity contribution < 1.29 is 9.53 Å². The molecular formula is C17H24N2O2. The van der Waals surface area contributed by atoms with E-state index in [1.165, 1.54) is 11.3 Å². The number of hydrogen-bond acceptors (Lipinski definition) is 3. The average molecular weight is 288 g/mol. The van der Waals surface area contributed by atoms with Gasteiger partial charge in [-0.15, -0.1) is 0 Å². The largest absolute Gasteiger partial charge is 0.376 e. The second-order valence-electron chi connectivity index (χ2n) is 6.05. The number of hydrogen-bond donors (Lipinski definition) is 1. The zero-order chi connectivity index (χ0) is 14.8. The van der Waals surface area contributed by atoms with Crippen molar-refractivity contribution >= 4 is 11.6 Å². The lowest BCUT2D eigenvalue weighted by Crippen LogP contribution is -2.42. The molecule has 0 saturated carbocycles. The van der Waals surface area contributed by atoms with Gasteiger partial charge in [0.05, 0.1) is 12.1 Å². The number of nitrogens with one attached hydrogen (secondary N) is 1. The van der Waals surface area contributed by atoms with Crippen LogP contribution in [0.3, 0.4) is 0 Å². The molecule has 0 spiro atoms. The molecule has 0 bridgehead atoms. The molecule has 4 heteroatoms. The quantitative estimate of drug-likeness (QED) is 0.925. The summed E-state index contributed by atoms with van der Waals surface area (Å²) in [5.41, 5.74) is 3.27. The molecule has 0 aliphatic carbocycles. The normalized spacial score (nSPS) is 22.2. The molecule has 21 heavy (non-hydrogen) atoms. The Morgan fingerprint density at radius 3 is 3.10 bits per heavy atom. The Balaban J connectivity index is 1.71. The molecule has 0 radical (unpaired) electrons. The van der Waals surface area contributed by atoms with Crippen LogP contribution in [0.25, 0.3) is 0 Å². The summed E-state index contributed by atoms with van der Waals surface area (Å²) in [5.74, 6) is 0.0143. The zero-order valence-corrected chi connectivity index (χ0v) is 12.9. The second-order valence-corrected chi connectivity index (χ2v) is 6.05. The third-order valence-corrected chi connectivity index (χ3v) is 4.65. The molecule has 1 saturated heterocycles. The Morgan fingerprint density at radius 2 is 2.38 bits per heavy atom. The zero-order valence-electron chi connectivity index (χ0n) is 12.9. The third kappa shape index (κ3) is 2.91. The van der Waals surface area contributed by atoms with Gasteiger partial charge in [-0.1, -0.05) is 13.0 Å². The highest BCUT2D eigenvalue weighted by Crippen LogP contribution is 2.27. The molecule has 2 aliphatic rings. The summed E-state index contributed by atoms with van der Waals surface area (Å²) in [6.45, 7) is 3.96. The Hall–Kier alpha value is -1.55. The van der Waals surface area contributed by atoms with Gasteiger partial charge in [-0.25, -0.2) is 0 Å². The van der Waals surface area contributed by atoms with E-state index in [4.69, 9.17) is 4.74 Å². The first kappa shape index (κ1) is 14.4. The van der Waals surface area contributed by atoms with Crippen LogP contribution in [0.1, 0.15) is 42.1 Å². The second kappa shape index (κ2) is 6.06. The van der Waals surface area contributed by atoms with Crippen LogP contribution in [-0.2, 0) is 11.2 Å². The van der Waals surface area contributed by atoms with Gasteiger partial charge in [-0.2, -0.15) is 0 Å². The maximum Gasteiger partial charge on any atom is 0.251 e. The topological polar surface area (TPSA) is 41.6 Å². The molecular weight excluding hydrogens is 264 g/mol. The van der Waals surface area contributed by atoms with Crippen molar-refractivity contribution in [3.63, 3.8) is 0 Å². The molecule has 1 fully saturated rings. The Kier molecular flexibility index (Phi) is 4.15. The number of carbonyl (C=O) groups excluding carboxylic acids is 1. The highest BCUT2D eigenvalue weighted by Gasteiger charge is 2.26. The fourth-order valence-electron chi connectivity index (χ4n) is 3.31. The lowest BCUT2D eigenvalue weighted by Gasteiger charge is -2.23. The number of benzene rings is 1. The van der Waals surface area contributed by atoms with Gasteiger partial charge < -0.3 is 15.0 Å². The van der Waals surface area contributed by atoms with Crippen LogP contribution in [0.15, 0.2) is 18.2 Å². The van der Waals surface area contributed by atoms with Gasteiger partial charge in [0, 0.05) is 31.5 Å². The summed E-state index contributed by atoms with van der Waals surface area (Å²) in [4.78, 5) is 14.7. The smallest absolute Gasteiger partial charge is 0.251 e. The van der Waals surface area contributed by atoms with Gasteiger partial charge in [0.1, 0.15) is 0 Å². The molecule has 1 amide bonds. The first-order chi connectivity index (χ1) is 10.2. The Bertz CT molecular complexity index is 524. The van der Waals surface area contributed by atoms with Crippen LogP contribution in [0.2, 0.25) is 0 Å². The van der Waals surface area contributed by atoms with Crippen LogP contribution < -0.4 is 10.2 Å². The van der Waals surface area contributed by atoms with Crippen LogP contribution in [-0.4, -0.2) is 38.3 Å². The first-order valence-electron chi connectivity index (χ1n) is 7.95. The molecule has 0 aromatic heterocycles. The van der Waals surface area contributed by atoms with Gasteiger partial charge in [-0.3, -0.25) is 4.79 Å². The van der Waals surface area contributed by atoms with Crippen molar-refractivity contribution in [3.8, 4) is 0 Å². The summed E-state index contributed by atoms with van der Waals surface area (Å²) >= 11 is 0. The van der Waals surface area contributed by atoms with E-state index < -0.39 is 0 Å². The van der Waals surface area contributed by atoms with E-state index >= 15 is 0 Å². The maximum absolute atomic E-state index is 12.5. The number of likely N-dealkylation sites (N-methyl/N-ethyl adjacent to an activating group) is 1. The number of rotatable bonds is 4. The van der Waals surface area contributed by atoms with Crippen LogP contribution in [0.5, 0.6) is 0 Å². The minimum atomic E-state index is 0.0143. The summed E-state index contributed by atoms with van der Waals surface area (Å²) in [5, 5.41) is 3.15. The first-order valence-corrected chi connectivity index (χ1v) is 7.95. The van der Waals surface area contributed by atoms with Gasteiger partial charge in [-0.05, 0) is 43.4 Å². The number of ether oxygens (including phenoxy) is 1. The molecule has 2 atom stereocenters. The van der Waals surface area contributed by atoms with Crippen molar-refractivity contribution in [1.82, 2.24) is 5.32 Å². The molecule has 1 aromatic carbocycles. The molecule has 114 valence electrons. The predicted octanol–water partition coefficient (Wildman–Crippen LogP) is 2.37. The minimum Gasteiger partial charge on any atom is -0.376 e. The highest BCUT2D eigenvalue weighted by molar-refractivity contribution is 5.95. The van der Waals surface area contributed by atoms with Crippen molar-refractivity contribution in [2.75, 3.05) is 25.1 Å². The van der Waals surface area contributed by atoms with Gasteiger partial charge in [0.15, 0.2) is 0 Å². The van der Waals surface area contributed by atoms with Crippen LogP contribution in [0, 0.1) is 0 Å². The summed E-state index contributed by atoms with van der Waals surface area (Å²) < 4.78 is 5.71. The average Bonchev–Trinajstić information content (AvgIpc) is 3.15. The number of carbonyl (C=O) groups is 1. The lowest BCUT2D eigenvalue weighted by molar-refractivity contribution is 0.0665. The molecule has 1 N–H and O–H groups in total. The summed E-state index contributed by atoms with van der Waals surface area (Å²) in [6.07, 6.45) is 4.30. The van der Waals surface area contributed by atoms with E-state index in [1.54, 1.807) is 0 Å². The van der Waals surface area contributed by atoms with E-state index in [1.807, 2.05) is 12.1 Å². The maximum atomic E-state index is 12.5. The van der Waals surface area contributed by atoms with Crippen LogP contribution >= 0.6 is 0 Å². The Morgan fingerprint density at radius 1 is 1.52 bits per heavy atom. The van der Waals surface area contributed by atoms with Gasteiger partial charge in [0.25, 0.3) is 5.91 Å². The lowest BCUT2D eigenvalue weighted by atomic mass is 10.0. The molecule has 2 heterocycles. The van der Waals surface area contributed by atoms with Crippen molar-refractivity contribution in [1.29, 1.82) is 0 Å². The summed E-state index contributed by atoms with van der Waals surface area (Å²) in [6, 6.07) is 6.15. The van der Waals surface area contributed by atoms with E-state index in [-0.39, 0.29) is 18.1 Å². The molecule has 0 unspecified atom stereocenters. The summed E-state index contributed by atoms with van der Waals surface area (Å²) in [7, 11) is 2.08. The van der Waals surface area contributed by atoms with Gasteiger partial charge in [0.2, 0.25) is 0 Å². The van der Waals surface area contributed by atoms with E-state index in [9.17, 15) is 4.79 Å². The van der Waals surface area contributed by atoms with Crippen molar-refractivity contribution in [2.45, 2.75) is 44.8 Å². The van der Waals surface area contributed by atoms with Crippen molar-refractivity contribution in [3.05, 3.63) is 29.3 Å². The number of anilines is 1. The SMILES string of the molecule is CC[C@H](NC(=O)c1ccc2c(c1)N(C)CC2)[C@@H]1CCCO1. The number of fused-ring (bicyclic) bond motifs is 1. The van der Waals surface area contributed by atoms with Crippen LogP contribution in [0.4, 0.5) is 5.69 Å². The fraction of sp³-hybridized carbons (Fsp3) is 0.588. The van der Waals surface area contributed by atoms with E-state index in [2.05, 4.69) is 30.3 Å².